The molecular formula is C22H22N2O3S. The average molecular weight is 394 g/mol. The number of hydrogen-bond donors (Lipinski definition) is 2. The van der Waals surface area contributed by atoms with Crippen molar-refractivity contribution in [2.24, 2.45) is 0 Å². The molecule has 0 fully saturated rings. The van der Waals surface area contributed by atoms with E-state index in [0.29, 0.717) is 16.9 Å². The van der Waals surface area contributed by atoms with Gasteiger partial charge in [-0.05, 0) is 73.9 Å². The van der Waals surface area contributed by atoms with Gasteiger partial charge < -0.3 is 5.32 Å². The lowest BCUT2D eigenvalue weighted by Crippen LogP contribution is -2.17. The largest absolute Gasteiger partial charge is 0.322 e. The van der Waals surface area contributed by atoms with Gasteiger partial charge in [0.15, 0.2) is 0 Å². The summed E-state index contributed by atoms with van der Waals surface area (Å²) in [4.78, 5) is 12.6. The van der Waals surface area contributed by atoms with E-state index in [1.54, 1.807) is 43.3 Å². The zero-order chi connectivity index (χ0) is 20.3. The van der Waals surface area contributed by atoms with Gasteiger partial charge in [0.25, 0.3) is 15.9 Å². The maximum Gasteiger partial charge on any atom is 0.262 e. The number of hydrogen-bond acceptors (Lipinski definition) is 3. The monoisotopic (exact) mass is 394 g/mol. The smallest absolute Gasteiger partial charge is 0.262 e. The molecule has 28 heavy (non-hydrogen) atoms. The van der Waals surface area contributed by atoms with Gasteiger partial charge in [0.05, 0.1) is 4.90 Å². The molecule has 6 heteroatoms. The van der Waals surface area contributed by atoms with E-state index < -0.39 is 10.0 Å². The fourth-order valence-electron chi connectivity index (χ4n) is 3.00. The minimum Gasteiger partial charge on any atom is -0.322 e. The van der Waals surface area contributed by atoms with Gasteiger partial charge in [0.2, 0.25) is 0 Å². The Hall–Kier alpha value is -3.12. The number of carbonyl (C=O) groups is 1. The van der Waals surface area contributed by atoms with Crippen molar-refractivity contribution in [3.8, 4) is 0 Å². The first-order chi connectivity index (χ1) is 13.2. The zero-order valence-corrected chi connectivity index (χ0v) is 16.8. The zero-order valence-electron chi connectivity index (χ0n) is 16.0. The first-order valence-electron chi connectivity index (χ1n) is 8.83. The number of rotatable bonds is 5. The minimum atomic E-state index is -3.84. The number of anilines is 2. The number of carbonyl (C=O) groups excluding carboxylic acids is 1. The molecule has 3 aromatic rings. The highest BCUT2D eigenvalue weighted by molar-refractivity contribution is 7.92. The van der Waals surface area contributed by atoms with E-state index in [9.17, 15) is 13.2 Å². The van der Waals surface area contributed by atoms with Crippen molar-refractivity contribution < 1.29 is 13.2 Å². The third-order valence-corrected chi connectivity index (χ3v) is 5.77. The first-order valence-corrected chi connectivity index (χ1v) is 10.3. The van der Waals surface area contributed by atoms with Crippen LogP contribution in [0.25, 0.3) is 0 Å². The number of aryl methyl sites for hydroxylation is 3. The molecule has 2 N–H and O–H groups in total. The molecule has 0 aliphatic heterocycles. The van der Waals surface area contributed by atoms with Crippen LogP contribution in [0.5, 0.6) is 0 Å². The van der Waals surface area contributed by atoms with Crippen LogP contribution in [-0.4, -0.2) is 14.3 Å². The van der Waals surface area contributed by atoms with E-state index in [1.807, 2.05) is 38.1 Å². The van der Waals surface area contributed by atoms with E-state index in [0.717, 1.165) is 11.1 Å². The van der Waals surface area contributed by atoms with Crippen LogP contribution in [0, 0.1) is 20.8 Å². The Morgan fingerprint density at radius 2 is 1.43 bits per heavy atom. The summed E-state index contributed by atoms with van der Waals surface area (Å²) in [5.74, 6) is -0.367. The molecule has 0 saturated heterocycles. The molecule has 0 atom stereocenters. The molecule has 0 bridgehead atoms. The molecule has 3 aromatic carbocycles. The fourth-order valence-corrected chi connectivity index (χ4v) is 4.31. The quantitative estimate of drug-likeness (QED) is 0.661. The standard InChI is InChI=1S/C22H22N2O3S/c1-15-11-16(2)13-20(12-15)24-28(26,27)21-14-18(10-9-17(21)3)22(25)23-19-7-5-4-6-8-19/h4-14,24H,1-3H3,(H,23,25). The molecule has 5 nitrogen and oxygen atoms in total. The predicted molar refractivity (Wildman–Crippen MR) is 112 cm³/mol. The molecule has 1 amide bonds. The summed E-state index contributed by atoms with van der Waals surface area (Å²) in [6.45, 7) is 5.52. The summed E-state index contributed by atoms with van der Waals surface area (Å²) in [5.41, 5.74) is 3.90. The van der Waals surface area contributed by atoms with Crippen molar-refractivity contribution in [2.45, 2.75) is 25.7 Å². The van der Waals surface area contributed by atoms with Crippen LogP contribution in [0.4, 0.5) is 11.4 Å². The topological polar surface area (TPSA) is 75.3 Å². The minimum absolute atomic E-state index is 0.0763. The van der Waals surface area contributed by atoms with Crippen LogP contribution < -0.4 is 10.0 Å². The van der Waals surface area contributed by atoms with Crippen molar-refractivity contribution in [2.75, 3.05) is 10.0 Å². The van der Waals surface area contributed by atoms with Gasteiger partial charge in [0, 0.05) is 16.9 Å². The summed E-state index contributed by atoms with van der Waals surface area (Å²) in [6, 6.07) is 19.2. The van der Waals surface area contributed by atoms with Gasteiger partial charge in [-0.25, -0.2) is 8.42 Å². The summed E-state index contributed by atoms with van der Waals surface area (Å²) in [6.07, 6.45) is 0. The Morgan fingerprint density at radius 1 is 0.786 bits per heavy atom. The lowest BCUT2D eigenvalue weighted by molar-refractivity contribution is 0.102. The Kier molecular flexibility index (Phi) is 5.51. The molecule has 0 aliphatic carbocycles. The van der Waals surface area contributed by atoms with E-state index in [4.69, 9.17) is 0 Å². The lowest BCUT2D eigenvalue weighted by atomic mass is 10.1. The molecule has 0 radical (unpaired) electrons. The fraction of sp³-hybridized carbons (Fsp3) is 0.136. The van der Waals surface area contributed by atoms with Crippen molar-refractivity contribution in [1.82, 2.24) is 0 Å². The molecular weight excluding hydrogens is 372 g/mol. The lowest BCUT2D eigenvalue weighted by Gasteiger charge is -2.13. The number of nitrogens with one attached hydrogen (secondary N) is 2. The molecule has 0 unspecified atom stereocenters. The number of sulfonamides is 1. The first kappa shape index (κ1) is 19.6. The predicted octanol–water partition coefficient (Wildman–Crippen LogP) is 4.66. The third-order valence-electron chi connectivity index (χ3n) is 4.25. The van der Waals surface area contributed by atoms with Crippen molar-refractivity contribution >= 4 is 27.3 Å². The Labute approximate surface area is 165 Å². The van der Waals surface area contributed by atoms with Gasteiger partial charge in [-0.15, -0.1) is 0 Å². The Morgan fingerprint density at radius 3 is 2.07 bits per heavy atom. The maximum absolute atomic E-state index is 12.9. The SMILES string of the molecule is Cc1cc(C)cc(NS(=O)(=O)c2cc(C(=O)Nc3ccccc3)ccc2C)c1. The highest BCUT2D eigenvalue weighted by atomic mass is 32.2. The average Bonchev–Trinajstić information content (AvgIpc) is 2.61. The molecule has 0 saturated carbocycles. The van der Waals surface area contributed by atoms with Crippen LogP contribution in [0.3, 0.4) is 0 Å². The van der Waals surface area contributed by atoms with E-state index in [-0.39, 0.29) is 16.4 Å². The Bertz CT molecular complexity index is 1100. The summed E-state index contributed by atoms with van der Waals surface area (Å²) in [5, 5.41) is 2.77. The van der Waals surface area contributed by atoms with Gasteiger partial charge in [-0.2, -0.15) is 0 Å². The highest BCUT2D eigenvalue weighted by Crippen LogP contribution is 2.23. The molecule has 0 aromatic heterocycles. The van der Waals surface area contributed by atoms with E-state index in [2.05, 4.69) is 10.0 Å². The number of benzene rings is 3. The van der Waals surface area contributed by atoms with E-state index >= 15 is 0 Å². The van der Waals surface area contributed by atoms with Crippen molar-refractivity contribution in [3.05, 3.63) is 89.0 Å². The summed E-state index contributed by atoms with van der Waals surface area (Å²) >= 11 is 0. The molecule has 3 rings (SSSR count). The van der Waals surface area contributed by atoms with Gasteiger partial charge >= 0.3 is 0 Å². The maximum atomic E-state index is 12.9. The second-order valence-corrected chi connectivity index (χ2v) is 8.43. The second-order valence-electron chi connectivity index (χ2n) is 6.78. The van der Waals surface area contributed by atoms with Crippen LogP contribution in [0.1, 0.15) is 27.0 Å². The summed E-state index contributed by atoms with van der Waals surface area (Å²) in [7, 11) is -3.84. The number of para-hydroxylation sites is 1. The summed E-state index contributed by atoms with van der Waals surface area (Å²) < 4.78 is 28.5. The normalized spacial score (nSPS) is 11.1. The molecule has 144 valence electrons. The molecule has 0 spiro atoms. The van der Waals surface area contributed by atoms with Gasteiger partial charge in [-0.1, -0.05) is 30.3 Å². The highest BCUT2D eigenvalue weighted by Gasteiger charge is 2.19. The third kappa shape index (κ3) is 4.58. The van der Waals surface area contributed by atoms with Crippen LogP contribution in [0.2, 0.25) is 0 Å². The van der Waals surface area contributed by atoms with Crippen LogP contribution in [0.15, 0.2) is 71.6 Å². The Balaban J connectivity index is 1.90. The van der Waals surface area contributed by atoms with Gasteiger partial charge in [0.1, 0.15) is 0 Å². The van der Waals surface area contributed by atoms with Crippen molar-refractivity contribution in [3.63, 3.8) is 0 Å². The van der Waals surface area contributed by atoms with Gasteiger partial charge in [-0.3, -0.25) is 9.52 Å². The molecule has 0 aliphatic rings. The van der Waals surface area contributed by atoms with Crippen LogP contribution in [-0.2, 0) is 10.0 Å². The van der Waals surface area contributed by atoms with E-state index in [1.165, 1.54) is 6.07 Å². The molecule has 0 heterocycles. The second kappa shape index (κ2) is 7.86. The van der Waals surface area contributed by atoms with Crippen molar-refractivity contribution in [1.29, 1.82) is 0 Å². The van der Waals surface area contributed by atoms with Crippen LogP contribution >= 0.6 is 0 Å². The number of amides is 1.